The van der Waals surface area contributed by atoms with Crippen LogP contribution in [-0.2, 0) is 13.0 Å². The van der Waals surface area contributed by atoms with E-state index < -0.39 is 0 Å². The first-order chi connectivity index (χ1) is 8.70. The molecule has 0 aliphatic rings. The van der Waals surface area contributed by atoms with Gasteiger partial charge in [0.05, 0.1) is 6.42 Å². The summed E-state index contributed by atoms with van der Waals surface area (Å²) in [6.45, 7) is 2.78. The topological polar surface area (TPSA) is 47.8 Å². The number of ketones is 1. The van der Waals surface area contributed by atoms with E-state index in [4.69, 9.17) is 0 Å². The molecule has 0 bridgehead atoms. The molecule has 1 aromatic heterocycles. The average Bonchev–Trinajstić information content (AvgIpc) is 2.78. The predicted octanol–water partition coefficient (Wildman–Crippen LogP) is 2.25. The van der Waals surface area contributed by atoms with Gasteiger partial charge < -0.3 is 0 Å². The number of hydrogen-bond acceptors (Lipinski definition) is 3. The molecule has 5 heteroatoms. The van der Waals surface area contributed by atoms with E-state index in [-0.39, 0.29) is 18.0 Å². The third kappa shape index (κ3) is 2.80. The highest BCUT2D eigenvalue weighted by Crippen LogP contribution is 2.07. The fourth-order valence-corrected chi connectivity index (χ4v) is 1.71. The van der Waals surface area contributed by atoms with Crippen molar-refractivity contribution >= 4 is 5.78 Å². The van der Waals surface area contributed by atoms with Crippen LogP contribution in [-0.4, -0.2) is 20.5 Å². The molecule has 0 radical (unpaired) electrons. The van der Waals surface area contributed by atoms with E-state index in [2.05, 4.69) is 10.1 Å². The summed E-state index contributed by atoms with van der Waals surface area (Å²) in [4.78, 5) is 16.1. The van der Waals surface area contributed by atoms with Crippen molar-refractivity contribution in [2.24, 2.45) is 0 Å². The van der Waals surface area contributed by atoms with Crippen molar-refractivity contribution in [3.8, 4) is 0 Å². The molecule has 1 aromatic carbocycles. The Balaban J connectivity index is 2.11. The molecular formula is C13H14FN3O. The molecule has 0 N–H and O–H groups in total. The van der Waals surface area contributed by atoms with E-state index >= 15 is 0 Å². The number of benzene rings is 1. The largest absolute Gasteiger partial charge is 0.294 e. The maximum Gasteiger partial charge on any atom is 0.170 e. The second-order valence-corrected chi connectivity index (χ2v) is 4.01. The van der Waals surface area contributed by atoms with E-state index in [0.717, 1.165) is 13.0 Å². The molecule has 0 saturated carbocycles. The molecule has 0 amide bonds. The number of carbonyl (C=O) groups is 1. The molecule has 2 aromatic rings. The maximum absolute atomic E-state index is 12.8. The molecule has 0 unspecified atom stereocenters. The van der Waals surface area contributed by atoms with Gasteiger partial charge in [-0.2, -0.15) is 5.10 Å². The molecule has 94 valence electrons. The number of carbonyl (C=O) groups excluding carboxylic acids is 1. The molecule has 18 heavy (non-hydrogen) atoms. The second-order valence-electron chi connectivity index (χ2n) is 4.01. The minimum absolute atomic E-state index is 0.0830. The normalized spacial score (nSPS) is 10.6. The van der Waals surface area contributed by atoms with Crippen molar-refractivity contribution in [1.29, 1.82) is 0 Å². The second kappa shape index (κ2) is 5.53. The van der Waals surface area contributed by atoms with Gasteiger partial charge in [0.25, 0.3) is 0 Å². The van der Waals surface area contributed by atoms with Gasteiger partial charge in [-0.15, -0.1) is 0 Å². The summed E-state index contributed by atoms with van der Waals surface area (Å²) in [6.07, 6.45) is 2.57. The van der Waals surface area contributed by atoms with E-state index in [1.54, 1.807) is 4.68 Å². The van der Waals surface area contributed by atoms with Gasteiger partial charge in [0, 0.05) is 12.1 Å². The molecule has 0 atom stereocenters. The summed E-state index contributed by atoms with van der Waals surface area (Å²) in [5, 5.41) is 4.06. The van der Waals surface area contributed by atoms with Gasteiger partial charge in [-0.3, -0.25) is 4.79 Å². The van der Waals surface area contributed by atoms with Gasteiger partial charge in [0.2, 0.25) is 0 Å². The summed E-state index contributed by atoms with van der Waals surface area (Å²) in [7, 11) is 0. The highest BCUT2D eigenvalue weighted by atomic mass is 19.1. The minimum Gasteiger partial charge on any atom is -0.294 e. The standard InChI is InChI=1S/C13H14FN3O/c1-2-7-17-13(15-9-16-17)8-12(18)10-3-5-11(14)6-4-10/h3-6,9H,2,7-8H2,1H3. The quantitative estimate of drug-likeness (QED) is 0.761. The predicted molar refractivity (Wildman–Crippen MR) is 64.7 cm³/mol. The van der Waals surface area contributed by atoms with Gasteiger partial charge in [0.1, 0.15) is 18.0 Å². The van der Waals surface area contributed by atoms with Crippen LogP contribution in [0.4, 0.5) is 4.39 Å². The molecule has 2 rings (SSSR count). The zero-order valence-corrected chi connectivity index (χ0v) is 10.1. The van der Waals surface area contributed by atoms with Crippen LogP contribution in [0.15, 0.2) is 30.6 Å². The number of hydrogen-bond donors (Lipinski definition) is 0. The Hall–Kier alpha value is -2.04. The van der Waals surface area contributed by atoms with Crippen LogP contribution in [0.3, 0.4) is 0 Å². The SMILES string of the molecule is CCCn1ncnc1CC(=O)c1ccc(F)cc1. The van der Waals surface area contributed by atoms with Gasteiger partial charge >= 0.3 is 0 Å². The van der Waals surface area contributed by atoms with E-state index in [9.17, 15) is 9.18 Å². The summed E-state index contributed by atoms with van der Waals surface area (Å²) >= 11 is 0. The fourth-order valence-electron chi connectivity index (χ4n) is 1.71. The first-order valence-corrected chi connectivity index (χ1v) is 5.86. The number of aryl methyl sites for hydroxylation is 1. The van der Waals surface area contributed by atoms with Crippen LogP contribution in [0.1, 0.15) is 29.5 Å². The Bertz CT molecular complexity index is 533. The van der Waals surface area contributed by atoms with Crippen molar-refractivity contribution in [1.82, 2.24) is 14.8 Å². The van der Waals surface area contributed by atoms with Crippen LogP contribution in [0.5, 0.6) is 0 Å². The Kier molecular flexibility index (Phi) is 3.82. The summed E-state index contributed by atoms with van der Waals surface area (Å²) in [5.41, 5.74) is 0.488. The number of Topliss-reactive ketones (excluding diaryl/α,β-unsaturated/α-hetero) is 1. The summed E-state index contributed by atoms with van der Waals surface area (Å²) < 4.78 is 14.5. The Morgan fingerprint density at radius 3 is 2.72 bits per heavy atom. The monoisotopic (exact) mass is 247 g/mol. The van der Waals surface area contributed by atoms with Crippen molar-refractivity contribution < 1.29 is 9.18 Å². The summed E-state index contributed by atoms with van der Waals surface area (Å²) in [5.74, 6) is 0.215. The zero-order chi connectivity index (χ0) is 13.0. The first kappa shape index (κ1) is 12.4. The smallest absolute Gasteiger partial charge is 0.170 e. The van der Waals surface area contributed by atoms with Crippen LogP contribution < -0.4 is 0 Å². The van der Waals surface area contributed by atoms with Crippen molar-refractivity contribution in [3.63, 3.8) is 0 Å². The zero-order valence-electron chi connectivity index (χ0n) is 10.1. The highest BCUT2D eigenvalue weighted by Gasteiger charge is 2.11. The first-order valence-electron chi connectivity index (χ1n) is 5.86. The molecule has 0 fully saturated rings. The number of rotatable bonds is 5. The molecule has 0 spiro atoms. The van der Waals surface area contributed by atoms with Gasteiger partial charge in [-0.05, 0) is 30.7 Å². The third-order valence-electron chi connectivity index (χ3n) is 2.62. The van der Waals surface area contributed by atoms with Gasteiger partial charge in [-0.25, -0.2) is 14.1 Å². The van der Waals surface area contributed by atoms with Crippen LogP contribution in [0.2, 0.25) is 0 Å². The van der Waals surface area contributed by atoms with Crippen molar-refractivity contribution in [3.05, 3.63) is 47.8 Å². The Labute approximate surface area is 104 Å². The Morgan fingerprint density at radius 2 is 2.06 bits per heavy atom. The Morgan fingerprint density at radius 1 is 1.33 bits per heavy atom. The maximum atomic E-state index is 12.8. The number of nitrogens with zero attached hydrogens (tertiary/aromatic N) is 3. The minimum atomic E-state index is -0.347. The number of aromatic nitrogens is 3. The van der Waals surface area contributed by atoms with Gasteiger partial charge in [-0.1, -0.05) is 6.92 Å². The molecule has 4 nitrogen and oxygen atoms in total. The van der Waals surface area contributed by atoms with Crippen molar-refractivity contribution in [2.75, 3.05) is 0 Å². The van der Waals surface area contributed by atoms with E-state index in [1.165, 1.54) is 30.6 Å². The molecule has 1 heterocycles. The van der Waals surface area contributed by atoms with E-state index in [0.29, 0.717) is 11.4 Å². The third-order valence-corrected chi connectivity index (χ3v) is 2.62. The lowest BCUT2D eigenvalue weighted by Gasteiger charge is -2.04. The van der Waals surface area contributed by atoms with Crippen molar-refractivity contribution in [2.45, 2.75) is 26.3 Å². The lowest BCUT2D eigenvalue weighted by Crippen LogP contribution is -2.11. The molecule has 0 aliphatic carbocycles. The highest BCUT2D eigenvalue weighted by molar-refractivity contribution is 5.97. The van der Waals surface area contributed by atoms with Crippen LogP contribution in [0.25, 0.3) is 0 Å². The van der Waals surface area contributed by atoms with Crippen LogP contribution >= 0.6 is 0 Å². The number of halogens is 1. The lowest BCUT2D eigenvalue weighted by atomic mass is 10.1. The van der Waals surface area contributed by atoms with E-state index in [1.807, 2.05) is 6.92 Å². The average molecular weight is 247 g/mol. The molecule has 0 aliphatic heterocycles. The fraction of sp³-hybridized carbons (Fsp3) is 0.308. The summed E-state index contributed by atoms with van der Waals surface area (Å²) in [6, 6.07) is 5.53. The van der Waals surface area contributed by atoms with Gasteiger partial charge in [0.15, 0.2) is 5.78 Å². The lowest BCUT2D eigenvalue weighted by molar-refractivity contribution is 0.0989. The molecular weight excluding hydrogens is 233 g/mol. The molecule has 0 saturated heterocycles. The van der Waals surface area contributed by atoms with Crippen LogP contribution in [0, 0.1) is 5.82 Å².